The molecule has 1 aromatic heterocycles. The summed E-state index contributed by atoms with van der Waals surface area (Å²) in [7, 11) is 0. The average molecular weight is 253 g/mol. The zero-order valence-electron chi connectivity index (χ0n) is 8.86. The van der Waals surface area contributed by atoms with E-state index >= 15 is 0 Å². The lowest BCUT2D eigenvalue weighted by atomic mass is 10.2. The van der Waals surface area contributed by atoms with Gasteiger partial charge in [0.15, 0.2) is 0 Å². The number of pyridine rings is 1. The lowest BCUT2D eigenvalue weighted by Crippen LogP contribution is -2.00. The predicted octanol–water partition coefficient (Wildman–Crippen LogP) is 3.13. The molecular weight excluding hydrogens is 243 g/mol. The van der Waals surface area contributed by atoms with Gasteiger partial charge in [0.25, 0.3) is 0 Å². The molecule has 0 saturated heterocycles. The van der Waals surface area contributed by atoms with E-state index in [2.05, 4.69) is 4.98 Å². The van der Waals surface area contributed by atoms with Gasteiger partial charge in [-0.1, -0.05) is 11.6 Å². The molecule has 0 aliphatic carbocycles. The van der Waals surface area contributed by atoms with E-state index in [-0.39, 0.29) is 5.02 Å². The van der Waals surface area contributed by atoms with Gasteiger partial charge in [-0.15, -0.1) is 0 Å². The lowest BCUT2D eigenvalue weighted by Gasteiger charge is -2.10. The van der Waals surface area contributed by atoms with Crippen molar-refractivity contribution in [1.82, 2.24) is 4.98 Å². The van der Waals surface area contributed by atoms with Gasteiger partial charge in [0, 0.05) is 24.5 Å². The van der Waals surface area contributed by atoms with Gasteiger partial charge in [0.1, 0.15) is 17.3 Å². The van der Waals surface area contributed by atoms with Gasteiger partial charge in [-0.25, -0.2) is 4.39 Å². The summed E-state index contributed by atoms with van der Waals surface area (Å²) in [6.45, 7) is 0.308. The number of rotatable bonds is 3. The van der Waals surface area contributed by atoms with E-state index in [0.29, 0.717) is 18.0 Å². The largest absolute Gasteiger partial charge is 0.455 e. The Morgan fingerprint density at radius 3 is 2.82 bits per heavy atom. The van der Waals surface area contributed by atoms with Crippen LogP contribution in [0.4, 0.5) is 4.39 Å². The normalized spacial score (nSPS) is 10.3. The summed E-state index contributed by atoms with van der Waals surface area (Å²) in [5, 5.41) is 0.213. The first-order chi connectivity index (χ1) is 8.20. The maximum atomic E-state index is 12.9. The first-order valence-corrected chi connectivity index (χ1v) is 5.34. The molecule has 0 saturated carbocycles. The zero-order chi connectivity index (χ0) is 12.3. The number of benzene rings is 1. The molecule has 2 N–H and O–H groups in total. The molecule has 0 aliphatic rings. The van der Waals surface area contributed by atoms with E-state index in [1.807, 2.05) is 0 Å². The van der Waals surface area contributed by atoms with Crippen LogP contribution in [-0.4, -0.2) is 4.98 Å². The Hall–Kier alpha value is -1.65. The van der Waals surface area contributed by atoms with Crippen molar-refractivity contribution in [3.05, 3.63) is 53.1 Å². The van der Waals surface area contributed by atoms with Crippen molar-refractivity contribution < 1.29 is 9.13 Å². The standard InChI is InChI=1S/C12H10ClFN2O/c13-10-5-9(14)1-2-12(10)17-11-3-4-16-7-8(11)6-15/h1-5,7H,6,15H2. The summed E-state index contributed by atoms with van der Waals surface area (Å²) >= 11 is 5.86. The van der Waals surface area contributed by atoms with Gasteiger partial charge in [-0.05, 0) is 24.3 Å². The fourth-order valence-corrected chi connectivity index (χ4v) is 1.55. The summed E-state index contributed by atoms with van der Waals surface area (Å²) in [5.41, 5.74) is 6.31. The zero-order valence-corrected chi connectivity index (χ0v) is 9.62. The maximum absolute atomic E-state index is 12.9. The second kappa shape index (κ2) is 5.12. The Morgan fingerprint density at radius 2 is 2.12 bits per heavy atom. The molecule has 17 heavy (non-hydrogen) atoms. The number of ether oxygens (including phenoxy) is 1. The van der Waals surface area contributed by atoms with Gasteiger partial charge < -0.3 is 10.5 Å². The minimum Gasteiger partial charge on any atom is -0.455 e. The molecule has 0 radical (unpaired) electrons. The summed E-state index contributed by atoms with van der Waals surface area (Å²) in [4.78, 5) is 3.94. The Labute approximate surface area is 103 Å². The molecule has 0 aliphatic heterocycles. The number of nitrogens with two attached hydrogens (primary N) is 1. The second-order valence-electron chi connectivity index (χ2n) is 3.36. The summed E-state index contributed by atoms with van der Waals surface area (Å²) in [6.07, 6.45) is 3.21. The van der Waals surface area contributed by atoms with Gasteiger partial charge in [0.2, 0.25) is 0 Å². The molecule has 0 fully saturated rings. The second-order valence-corrected chi connectivity index (χ2v) is 3.77. The van der Waals surface area contributed by atoms with E-state index in [4.69, 9.17) is 22.1 Å². The SMILES string of the molecule is NCc1cnccc1Oc1ccc(F)cc1Cl. The van der Waals surface area contributed by atoms with Crippen molar-refractivity contribution in [3.63, 3.8) is 0 Å². The first-order valence-electron chi connectivity index (χ1n) is 4.96. The van der Waals surface area contributed by atoms with Crippen LogP contribution in [0, 0.1) is 5.82 Å². The highest BCUT2D eigenvalue weighted by Crippen LogP contribution is 2.31. The molecule has 2 aromatic rings. The number of hydrogen-bond donors (Lipinski definition) is 1. The van der Waals surface area contributed by atoms with E-state index in [1.165, 1.54) is 18.2 Å². The van der Waals surface area contributed by atoms with Crippen molar-refractivity contribution in [2.45, 2.75) is 6.54 Å². The summed E-state index contributed by atoms with van der Waals surface area (Å²) in [5.74, 6) is 0.543. The average Bonchev–Trinajstić information content (AvgIpc) is 2.33. The highest BCUT2D eigenvalue weighted by molar-refractivity contribution is 6.32. The molecule has 0 unspecified atom stereocenters. The van der Waals surface area contributed by atoms with Gasteiger partial charge >= 0.3 is 0 Å². The van der Waals surface area contributed by atoms with E-state index in [1.54, 1.807) is 18.5 Å². The number of halogens is 2. The molecule has 1 aromatic carbocycles. The van der Waals surface area contributed by atoms with Gasteiger partial charge in [0.05, 0.1) is 5.02 Å². The third-order valence-electron chi connectivity index (χ3n) is 2.19. The van der Waals surface area contributed by atoms with Crippen LogP contribution in [0.1, 0.15) is 5.56 Å². The highest BCUT2D eigenvalue weighted by atomic mass is 35.5. The quantitative estimate of drug-likeness (QED) is 0.913. The molecule has 0 spiro atoms. The maximum Gasteiger partial charge on any atom is 0.146 e. The van der Waals surface area contributed by atoms with Crippen LogP contribution in [0.15, 0.2) is 36.7 Å². The molecule has 5 heteroatoms. The minimum absolute atomic E-state index is 0.213. The van der Waals surface area contributed by atoms with Crippen LogP contribution in [0.25, 0.3) is 0 Å². The van der Waals surface area contributed by atoms with Crippen LogP contribution in [-0.2, 0) is 6.54 Å². The highest BCUT2D eigenvalue weighted by Gasteiger charge is 2.07. The third kappa shape index (κ3) is 2.72. The van der Waals surface area contributed by atoms with Crippen LogP contribution in [0.2, 0.25) is 5.02 Å². The first kappa shape index (κ1) is 11.8. The van der Waals surface area contributed by atoms with E-state index in [9.17, 15) is 4.39 Å². The monoisotopic (exact) mass is 252 g/mol. The van der Waals surface area contributed by atoms with Gasteiger partial charge in [-0.2, -0.15) is 0 Å². The molecule has 0 bridgehead atoms. The van der Waals surface area contributed by atoms with E-state index < -0.39 is 5.82 Å². The minimum atomic E-state index is -0.406. The van der Waals surface area contributed by atoms with Crippen LogP contribution in [0.3, 0.4) is 0 Å². The van der Waals surface area contributed by atoms with Crippen molar-refractivity contribution in [2.75, 3.05) is 0 Å². The summed E-state index contributed by atoms with van der Waals surface area (Å²) < 4.78 is 18.4. The van der Waals surface area contributed by atoms with Gasteiger partial charge in [-0.3, -0.25) is 4.98 Å². The van der Waals surface area contributed by atoms with Crippen molar-refractivity contribution >= 4 is 11.6 Å². The fourth-order valence-electron chi connectivity index (χ4n) is 1.34. The lowest BCUT2D eigenvalue weighted by molar-refractivity contribution is 0.474. The number of hydrogen-bond acceptors (Lipinski definition) is 3. The topological polar surface area (TPSA) is 48.1 Å². The molecule has 2 rings (SSSR count). The van der Waals surface area contributed by atoms with Crippen LogP contribution >= 0.6 is 11.6 Å². The summed E-state index contributed by atoms with van der Waals surface area (Å²) in [6, 6.07) is 5.63. The Morgan fingerprint density at radius 1 is 1.29 bits per heavy atom. The van der Waals surface area contributed by atoms with Crippen LogP contribution in [0.5, 0.6) is 11.5 Å². The molecule has 1 heterocycles. The molecular formula is C12H10ClFN2O. The molecule has 0 amide bonds. The Bertz CT molecular complexity index is 534. The Kier molecular flexibility index (Phi) is 3.56. The third-order valence-corrected chi connectivity index (χ3v) is 2.49. The fraction of sp³-hybridized carbons (Fsp3) is 0.0833. The van der Waals surface area contributed by atoms with Crippen LogP contribution < -0.4 is 10.5 Å². The predicted molar refractivity (Wildman–Crippen MR) is 63.6 cm³/mol. The van der Waals surface area contributed by atoms with Crippen molar-refractivity contribution in [1.29, 1.82) is 0 Å². The van der Waals surface area contributed by atoms with Crippen molar-refractivity contribution in [3.8, 4) is 11.5 Å². The number of aromatic nitrogens is 1. The smallest absolute Gasteiger partial charge is 0.146 e. The molecule has 3 nitrogen and oxygen atoms in total. The van der Waals surface area contributed by atoms with Crippen molar-refractivity contribution in [2.24, 2.45) is 5.73 Å². The van der Waals surface area contributed by atoms with E-state index in [0.717, 1.165) is 5.56 Å². The number of nitrogens with zero attached hydrogens (tertiary/aromatic N) is 1. The molecule has 0 atom stereocenters. The Balaban J connectivity index is 2.31. The molecule has 88 valence electrons.